The molecule has 1 heterocycles. The Balaban J connectivity index is 2.13. The molecule has 0 spiro atoms. The van der Waals surface area contributed by atoms with E-state index in [1.165, 1.54) is 0 Å². The number of para-hydroxylation sites is 1. The SMILES string of the molecule is CC(=NNc1ccccc1Cl)c1ccc[nH]1. The fourth-order valence-corrected chi connectivity index (χ4v) is 1.49. The standard InChI is InChI=1S/C12H12ClN3/c1-9(11-7-4-8-14-11)15-16-12-6-3-2-5-10(12)13/h2-8,14,16H,1H3. The van der Waals surface area contributed by atoms with Crippen LogP contribution in [0, 0.1) is 0 Å². The van der Waals surface area contributed by atoms with Gasteiger partial charge in [0.2, 0.25) is 0 Å². The topological polar surface area (TPSA) is 40.2 Å². The summed E-state index contributed by atoms with van der Waals surface area (Å²) in [5.74, 6) is 0. The molecular weight excluding hydrogens is 222 g/mol. The maximum atomic E-state index is 5.99. The van der Waals surface area contributed by atoms with Crippen molar-refractivity contribution in [2.24, 2.45) is 5.10 Å². The predicted molar refractivity (Wildman–Crippen MR) is 68.1 cm³/mol. The number of hydrogen-bond donors (Lipinski definition) is 2. The van der Waals surface area contributed by atoms with Crippen LogP contribution < -0.4 is 5.43 Å². The number of hydrazone groups is 1. The molecule has 0 radical (unpaired) electrons. The summed E-state index contributed by atoms with van der Waals surface area (Å²) in [5, 5.41) is 4.91. The van der Waals surface area contributed by atoms with Gasteiger partial charge in [0, 0.05) is 6.20 Å². The summed E-state index contributed by atoms with van der Waals surface area (Å²) < 4.78 is 0. The highest BCUT2D eigenvalue weighted by Crippen LogP contribution is 2.20. The third-order valence-corrected chi connectivity index (χ3v) is 2.54. The minimum absolute atomic E-state index is 0.658. The molecule has 2 aromatic rings. The fourth-order valence-electron chi connectivity index (χ4n) is 1.31. The second-order valence-electron chi connectivity index (χ2n) is 3.37. The Kier molecular flexibility index (Phi) is 3.27. The first-order valence-electron chi connectivity index (χ1n) is 4.96. The summed E-state index contributed by atoms with van der Waals surface area (Å²) in [5.41, 5.74) is 5.60. The summed E-state index contributed by atoms with van der Waals surface area (Å²) in [6.45, 7) is 1.93. The number of rotatable bonds is 3. The molecule has 0 saturated carbocycles. The lowest BCUT2D eigenvalue weighted by Gasteiger charge is -2.03. The number of anilines is 1. The zero-order valence-corrected chi connectivity index (χ0v) is 9.62. The first-order valence-corrected chi connectivity index (χ1v) is 5.34. The Hall–Kier alpha value is -1.74. The lowest BCUT2D eigenvalue weighted by molar-refractivity contribution is 1.29. The van der Waals surface area contributed by atoms with Crippen molar-refractivity contribution in [2.75, 3.05) is 5.43 Å². The van der Waals surface area contributed by atoms with Gasteiger partial charge in [-0.15, -0.1) is 0 Å². The number of aromatic amines is 1. The molecule has 3 nitrogen and oxygen atoms in total. The fraction of sp³-hybridized carbons (Fsp3) is 0.0833. The number of hydrogen-bond acceptors (Lipinski definition) is 2. The van der Waals surface area contributed by atoms with Gasteiger partial charge < -0.3 is 4.98 Å². The van der Waals surface area contributed by atoms with Gasteiger partial charge in [0.1, 0.15) is 0 Å². The van der Waals surface area contributed by atoms with Crippen molar-refractivity contribution in [3.8, 4) is 0 Å². The number of aromatic nitrogens is 1. The van der Waals surface area contributed by atoms with Gasteiger partial charge in [-0.05, 0) is 31.2 Å². The van der Waals surface area contributed by atoms with Crippen LogP contribution in [0.15, 0.2) is 47.7 Å². The monoisotopic (exact) mass is 233 g/mol. The van der Waals surface area contributed by atoms with Gasteiger partial charge in [-0.1, -0.05) is 23.7 Å². The van der Waals surface area contributed by atoms with E-state index in [1.54, 1.807) is 0 Å². The second kappa shape index (κ2) is 4.86. The summed E-state index contributed by atoms with van der Waals surface area (Å²) >= 11 is 5.99. The molecule has 0 aliphatic heterocycles. The maximum absolute atomic E-state index is 5.99. The molecule has 1 aromatic carbocycles. The first kappa shape index (κ1) is 10.8. The highest BCUT2D eigenvalue weighted by atomic mass is 35.5. The van der Waals surface area contributed by atoms with Crippen molar-refractivity contribution in [3.05, 3.63) is 53.3 Å². The molecule has 2 N–H and O–H groups in total. The summed E-state index contributed by atoms with van der Waals surface area (Å²) in [6, 6.07) is 11.4. The average Bonchev–Trinajstić information content (AvgIpc) is 2.81. The van der Waals surface area contributed by atoms with Crippen LogP contribution in [0.25, 0.3) is 0 Å². The zero-order valence-electron chi connectivity index (χ0n) is 8.87. The number of nitrogens with one attached hydrogen (secondary N) is 2. The van der Waals surface area contributed by atoms with Crippen molar-refractivity contribution >= 4 is 23.0 Å². The van der Waals surface area contributed by atoms with Gasteiger partial charge in [-0.2, -0.15) is 5.10 Å². The van der Waals surface area contributed by atoms with Gasteiger partial charge in [0.05, 0.1) is 22.1 Å². The van der Waals surface area contributed by atoms with Gasteiger partial charge in [0.15, 0.2) is 0 Å². The number of nitrogens with zero attached hydrogens (tertiary/aromatic N) is 1. The molecule has 16 heavy (non-hydrogen) atoms. The van der Waals surface area contributed by atoms with Crippen LogP contribution in [0.2, 0.25) is 5.02 Å². The zero-order chi connectivity index (χ0) is 11.4. The molecule has 0 atom stereocenters. The number of benzene rings is 1. The highest BCUT2D eigenvalue weighted by Gasteiger charge is 1.99. The molecule has 0 fully saturated rings. The maximum Gasteiger partial charge on any atom is 0.0810 e. The van der Waals surface area contributed by atoms with E-state index in [-0.39, 0.29) is 0 Å². The second-order valence-corrected chi connectivity index (χ2v) is 3.78. The van der Waals surface area contributed by atoms with Crippen LogP contribution in [0.3, 0.4) is 0 Å². The van der Waals surface area contributed by atoms with Crippen molar-refractivity contribution in [1.29, 1.82) is 0 Å². The number of H-pyrrole nitrogens is 1. The quantitative estimate of drug-likeness (QED) is 0.618. The molecule has 0 amide bonds. The van der Waals surface area contributed by atoms with E-state index < -0.39 is 0 Å². The Labute approximate surface area is 99.1 Å². The molecule has 1 aromatic heterocycles. The number of halogens is 1. The van der Waals surface area contributed by atoms with Gasteiger partial charge in [-0.25, -0.2) is 0 Å². The van der Waals surface area contributed by atoms with Crippen molar-refractivity contribution in [1.82, 2.24) is 4.98 Å². The highest BCUT2D eigenvalue weighted by molar-refractivity contribution is 6.33. The minimum atomic E-state index is 0.658. The van der Waals surface area contributed by atoms with Gasteiger partial charge in [-0.3, -0.25) is 5.43 Å². The van der Waals surface area contributed by atoms with Gasteiger partial charge in [0.25, 0.3) is 0 Å². The van der Waals surface area contributed by atoms with E-state index in [9.17, 15) is 0 Å². The molecule has 0 unspecified atom stereocenters. The van der Waals surface area contributed by atoms with E-state index in [1.807, 2.05) is 49.5 Å². The van der Waals surface area contributed by atoms with Crippen molar-refractivity contribution < 1.29 is 0 Å². The van der Waals surface area contributed by atoms with E-state index in [0.717, 1.165) is 17.1 Å². The van der Waals surface area contributed by atoms with Crippen LogP contribution in [-0.2, 0) is 0 Å². The third kappa shape index (κ3) is 2.44. The van der Waals surface area contributed by atoms with Crippen LogP contribution in [0.4, 0.5) is 5.69 Å². The van der Waals surface area contributed by atoms with Crippen LogP contribution in [0.1, 0.15) is 12.6 Å². The smallest absolute Gasteiger partial charge is 0.0810 e. The Morgan fingerprint density at radius 2 is 2.06 bits per heavy atom. The van der Waals surface area contributed by atoms with Crippen LogP contribution in [-0.4, -0.2) is 10.7 Å². The summed E-state index contributed by atoms with van der Waals surface area (Å²) in [7, 11) is 0. The molecule has 2 rings (SSSR count). The molecule has 0 saturated heterocycles. The minimum Gasteiger partial charge on any atom is -0.360 e. The largest absolute Gasteiger partial charge is 0.360 e. The van der Waals surface area contributed by atoms with Gasteiger partial charge >= 0.3 is 0 Å². The molecule has 0 aliphatic rings. The third-order valence-electron chi connectivity index (χ3n) is 2.21. The van der Waals surface area contributed by atoms with Crippen LogP contribution >= 0.6 is 11.6 Å². The molecule has 0 bridgehead atoms. The van der Waals surface area contributed by atoms with E-state index in [4.69, 9.17) is 11.6 Å². The molecule has 82 valence electrons. The van der Waals surface area contributed by atoms with Crippen molar-refractivity contribution in [2.45, 2.75) is 6.92 Å². The van der Waals surface area contributed by atoms with E-state index >= 15 is 0 Å². The van der Waals surface area contributed by atoms with E-state index in [0.29, 0.717) is 5.02 Å². The predicted octanol–water partition coefficient (Wildman–Crippen LogP) is 3.50. The van der Waals surface area contributed by atoms with E-state index in [2.05, 4.69) is 15.5 Å². The van der Waals surface area contributed by atoms with Crippen molar-refractivity contribution in [3.63, 3.8) is 0 Å². The first-order chi connectivity index (χ1) is 7.77. The molecule has 0 aliphatic carbocycles. The Morgan fingerprint density at radius 3 is 2.75 bits per heavy atom. The summed E-state index contributed by atoms with van der Waals surface area (Å²) in [6.07, 6.45) is 1.86. The Bertz CT molecular complexity index is 489. The lowest BCUT2D eigenvalue weighted by Crippen LogP contribution is -2.00. The molecule has 4 heteroatoms. The lowest BCUT2D eigenvalue weighted by atomic mass is 10.3. The Morgan fingerprint density at radius 1 is 1.25 bits per heavy atom. The normalized spacial score (nSPS) is 11.5. The van der Waals surface area contributed by atoms with Crippen LogP contribution in [0.5, 0.6) is 0 Å². The average molecular weight is 234 g/mol. The summed E-state index contributed by atoms with van der Waals surface area (Å²) in [4.78, 5) is 3.08. The molecular formula is C12H12ClN3.